The number of hydrogen-bond donors (Lipinski definition) is 2. The van der Waals surface area contributed by atoms with Crippen LogP contribution in [0.1, 0.15) is 24.1 Å². The number of aryl methyl sites for hydroxylation is 1. The Morgan fingerprint density at radius 1 is 1.10 bits per heavy atom. The van der Waals surface area contributed by atoms with Gasteiger partial charge in [0.1, 0.15) is 5.82 Å². The molecule has 0 amide bonds. The molecule has 0 aliphatic carbocycles. The van der Waals surface area contributed by atoms with E-state index in [1.807, 2.05) is 18.2 Å². The van der Waals surface area contributed by atoms with E-state index in [9.17, 15) is 12.8 Å². The van der Waals surface area contributed by atoms with E-state index in [-0.39, 0.29) is 10.7 Å². The van der Waals surface area contributed by atoms with Crippen molar-refractivity contribution < 1.29 is 17.3 Å². The molecule has 2 heterocycles. The van der Waals surface area contributed by atoms with Crippen LogP contribution in [0.5, 0.6) is 0 Å². The van der Waals surface area contributed by atoms with E-state index in [1.54, 1.807) is 29.0 Å². The van der Waals surface area contributed by atoms with Crippen molar-refractivity contribution in [2.24, 2.45) is 0 Å². The van der Waals surface area contributed by atoms with Crippen molar-refractivity contribution in [1.82, 2.24) is 10.5 Å². The van der Waals surface area contributed by atoms with E-state index in [1.165, 1.54) is 23.5 Å². The Balaban J connectivity index is 1.22. The Kier molecular flexibility index (Phi) is 6.64. The van der Waals surface area contributed by atoms with E-state index < -0.39 is 10.0 Å². The fourth-order valence-corrected chi connectivity index (χ4v) is 5.36. The number of nitrogens with zero attached hydrogens (tertiary/aromatic N) is 1. The quantitative estimate of drug-likeness (QED) is 0.328. The molecule has 0 spiro atoms. The summed E-state index contributed by atoms with van der Waals surface area (Å²) in [5, 5.41) is 11.6. The molecule has 0 aliphatic rings. The van der Waals surface area contributed by atoms with Crippen molar-refractivity contribution in [2.45, 2.75) is 30.7 Å². The van der Waals surface area contributed by atoms with E-state index in [0.29, 0.717) is 17.8 Å². The molecule has 6 nitrogen and oxygen atoms in total. The molecule has 2 aromatic carbocycles. The monoisotopic (exact) mass is 459 g/mol. The van der Waals surface area contributed by atoms with Gasteiger partial charge in [-0.15, -0.1) is 0 Å². The van der Waals surface area contributed by atoms with Gasteiger partial charge in [0.15, 0.2) is 5.58 Å². The van der Waals surface area contributed by atoms with Crippen molar-refractivity contribution in [2.75, 3.05) is 11.3 Å². The average Bonchev–Trinajstić information content (AvgIpc) is 3.41. The zero-order chi connectivity index (χ0) is 21.7. The Labute approximate surface area is 184 Å². The molecular formula is C22H22FN3O3S2. The number of sulfonamides is 1. The lowest BCUT2D eigenvalue weighted by Gasteiger charge is -2.09. The van der Waals surface area contributed by atoms with Crippen LogP contribution >= 0.6 is 11.3 Å². The molecule has 0 aliphatic heterocycles. The average molecular weight is 460 g/mol. The number of thiophene rings is 1. The van der Waals surface area contributed by atoms with Crippen molar-refractivity contribution in [1.29, 1.82) is 0 Å². The van der Waals surface area contributed by atoms with Crippen LogP contribution in [-0.2, 0) is 23.0 Å². The Hall–Kier alpha value is -2.75. The van der Waals surface area contributed by atoms with Crippen LogP contribution < -0.4 is 10.0 Å². The molecule has 162 valence electrons. The lowest BCUT2D eigenvalue weighted by atomic mass is 10.1. The number of halogens is 1. The van der Waals surface area contributed by atoms with E-state index in [0.717, 1.165) is 42.5 Å². The summed E-state index contributed by atoms with van der Waals surface area (Å²) in [6.45, 7) is 1.45. The highest BCUT2D eigenvalue weighted by Crippen LogP contribution is 2.21. The number of unbranched alkanes of at least 4 members (excludes halogenated alkanes) is 1. The third-order valence-electron chi connectivity index (χ3n) is 4.84. The van der Waals surface area contributed by atoms with Crippen molar-refractivity contribution in [3.63, 3.8) is 0 Å². The molecule has 0 saturated heterocycles. The highest BCUT2D eigenvalue weighted by molar-refractivity contribution is 7.92. The number of aromatic nitrogens is 1. The topological polar surface area (TPSA) is 84.2 Å². The number of benzene rings is 2. The van der Waals surface area contributed by atoms with Gasteiger partial charge < -0.3 is 9.84 Å². The van der Waals surface area contributed by atoms with Gasteiger partial charge in [0.05, 0.1) is 10.6 Å². The van der Waals surface area contributed by atoms with Gasteiger partial charge in [0.25, 0.3) is 10.0 Å². The van der Waals surface area contributed by atoms with Crippen LogP contribution in [0.4, 0.5) is 10.1 Å². The number of rotatable bonds is 10. The summed E-state index contributed by atoms with van der Waals surface area (Å²) < 4.78 is 45.7. The van der Waals surface area contributed by atoms with Gasteiger partial charge in [-0.3, -0.25) is 4.72 Å². The molecule has 31 heavy (non-hydrogen) atoms. The standard InChI is InChI=1S/C22H22FN3O3S2/c23-17-7-8-20-21(25-29-22(20)13-17)6-1-2-10-24-14-16-4-3-5-18(12-16)26-31(27,28)19-9-11-30-15-19/h3-5,7-9,11-13,15,24,26H,1-2,6,10,14H2. The minimum Gasteiger partial charge on any atom is -0.356 e. The van der Waals surface area contributed by atoms with Gasteiger partial charge in [-0.05, 0) is 67.1 Å². The maximum atomic E-state index is 13.2. The summed E-state index contributed by atoms with van der Waals surface area (Å²) in [6, 6.07) is 13.4. The van der Waals surface area contributed by atoms with Crippen LogP contribution in [0.2, 0.25) is 0 Å². The lowest BCUT2D eigenvalue weighted by molar-refractivity contribution is 0.442. The van der Waals surface area contributed by atoms with Gasteiger partial charge in [-0.2, -0.15) is 11.3 Å². The first-order chi connectivity index (χ1) is 15.0. The maximum Gasteiger partial charge on any atom is 0.262 e. The Bertz CT molecular complexity index is 1250. The van der Waals surface area contributed by atoms with E-state index in [4.69, 9.17) is 4.52 Å². The van der Waals surface area contributed by atoms with Gasteiger partial charge in [0, 0.05) is 29.1 Å². The second-order valence-corrected chi connectivity index (χ2v) is 9.63. The minimum atomic E-state index is -3.55. The Morgan fingerprint density at radius 2 is 2.00 bits per heavy atom. The molecule has 9 heteroatoms. The first-order valence-electron chi connectivity index (χ1n) is 9.90. The molecule has 0 unspecified atom stereocenters. The molecule has 0 atom stereocenters. The Morgan fingerprint density at radius 3 is 2.84 bits per heavy atom. The predicted molar refractivity (Wildman–Crippen MR) is 120 cm³/mol. The molecule has 0 fully saturated rings. The summed E-state index contributed by atoms with van der Waals surface area (Å²) in [5.74, 6) is -0.331. The van der Waals surface area contributed by atoms with Crippen molar-refractivity contribution in [3.8, 4) is 0 Å². The number of anilines is 1. The van der Waals surface area contributed by atoms with E-state index >= 15 is 0 Å². The number of nitrogens with one attached hydrogen (secondary N) is 2. The highest BCUT2D eigenvalue weighted by Gasteiger charge is 2.14. The van der Waals surface area contributed by atoms with Crippen LogP contribution in [0.3, 0.4) is 0 Å². The molecule has 2 N–H and O–H groups in total. The fraction of sp³-hybridized carbons (Fsp3) is 0.227. The van der Waals surface area contributed by atoms with Crippen LogP contribution in [0, 0.1) is 5.82 Å². The zero-order valence-corrected chi connectivity index (χ0v) is 18.3. The molecule has 0 saturated carbocycles. The van der Waals surface area contributed by atoms with Gasteiger partial charge in [-0.25, -0.2) is 12.8 Å². The van der Waals surface area contributed by atoms with E-state index in [2.05, 4.69) is 15.2 Å². The SMILES string of the molecule is O=S(=O)(Nc1cccc(CNCCCCc2noc3cc(F)ccc23)c1)c1ccsc1. The molecule has 4 aromatic rings. The highest BCUT2D eigenvalue weighted by atomic mass is 32.2. The molecule has 0 radical (unpaired) electrons. The number of fused-ring (bicyclic) bond motifs is 1. The molecular weight excluding hydrogens is 437 g/mol. The van der Waals surface area contributed by atoms with Crippen molar-refractivity contribution in [3.05, 3.63) is 76.4 Å². The van der Waals surface area contributed by atoms with Crippen LogP contribution in [-0.4, -0.2) is 20.1 Å². The van der Waals surface area contributed by atoms with Gasteiger partial charge in [-0.1, -0.05) is 17.3 Å². The third-order valence-corrected chi connectivity index (χ3v) is 7.05. The summed E-state index contributed by atoms with van der Waals surface area (Å²) >= 11 is 1.34. The second kappa shape index (κ2) is 9.59. The summed E-state index contributed by atoms with van der Waals surface area (Å²) in [7, 11) is -3.55. The molecule has 0 bridgehead atoms. The van der Waals surface area contributed by atoms with Crippen molar-refractivity contribution >= 4 is 38.0 Å². The summed E-state index contributed by atoms with van der Waals surface area (Å²) in [4.78, 5) is 0.269. The van der Waals surface area contributed by atoms with Crippen LogP contribution in [0.25, 0.3) is 11.0 Å². The van der Waals surface area contributed by atoms with Gasteiger partial charge >= 0.3 is 0 Å². The second-order valence-electron chi connectivity index (χ2n) is 7.17. The predicted octanol–water partition coefficient (Wildman–Crippen LogP) is 4.94. The molecule has 2 aromatic heterocycles. The third kappa shape index (κ3) is 5.49. The minimum absolute atomic E-state index is 0.269. The zero-order valence-electron chi connectivity index (χ0n) is 16.7. The normalized spacial score (nSPS) is 11.8. The first kappa shape index (κ1) is 21.5. The first-order valence-corrected chi connectivity index (χ1v) is 12.3. The maximum absolute atomic E-state index is 13.2. The van der Waals surface area contributed by atoms with Gasteiger partial charge in [0.2, 0.25) is 0 Å². The summed E-state index contributed by atoms with van der Waals surface area (Å²) in [6.07, 6.45) is 2.63. The molecule has 4 rings (SSSR count). The largest absolute Gasteiger partial charge is 0.356 e. The smallest absolute Gasteiger partial charge is 0.262 e. The summed E-state index contributed by atoms with van der Waals surface area (Å²) in [5.41, 5.74) is 2.86. The number of hydrogen-bond acceptors (Lipinski definition) is 6. The lowest BCUT2D eigenvalue weighted by Crippen LogP contribution is -2.16. The van der Waals surface area contributed by atoms with Crippen LogP contribution in [0.15, 0.2) is 68.7 Å². The fourth-order valence-electron chi connectivity index (χ4n) is 3.28.